The number of hydrogen-bond donors (Lipinski definition) is 2. The number of aryl methyl sites for hydroxylation is 1. The van der Waals surface area contributed by atoms with Crippen LogP contribution in [0.4, 0.5) is 5.69 Å². The lowest BCUT2D eigenvalue weighted by atomic mass is 10.0. The van der Waals surface area contributed by atoms with E-state index in [1.807, 2.05) is 6.92 Å². The summed E-state index contributed by atoms with van der Waals surface area (Å²) in [5, 5.41) is 0. The molecular formula is C15H24N2O2S. The smallest absolute Gasteiger partial charge is 0.240 e. The summed E-state index contributed by atoms with van der Waals surface area (Å²) in [7, 11) is -3.47. The molecule has 0 radical (unpaired) electrons. The molecule has 112 valence electrons. The third-order valence-corrected chi connectivity index (χ3v) is 5.46. The second-order valence-electron chi connectivity index (χ2n) is 6.01. The van der Waals surface area contributed by atoms with Gasteiger partial charge in [0.2, 0.25) is 10.0 Å². The highest BCUT2D eigenvalue weighted by atomic mass is 32.2. The van der Waals surface area contributed by atoms with Gasteiger partial charge in [0.1, 0.15) is 0 Å². The fourth-order valence-corrected chi connectivity index (χ4v) is 4.27. The van der Waals surface area contributed by atoms with Crippen LogP contribution >= 0.6 is 0 Å². The SMILES string of the molecule is Cc1cc(N)cc(S(=O)(=O)NC2CCCC(C)CC2)c1. The molecule has 0 spiro atoms. The van der Waals surface area contributed by atoms with Crippen LogP contribution in [0.15, 0.2) is 23.1 Å². The van der Waals surface area contributed by atoms with Gasteiger partial charge in [-0.15, -0.1) is 0 Å². The lowest BCUT2D eigenvalue weighted by Crippen LogP contribution is -2.34. The maximum absolute atomic E-state index is 12.4. The average molecular weight is 296 g/mol. The fourth-order valence-electron chi connectivity index (χ4n) is 2.82. The number of nitrogens with one attached hydrogen (secondary N) is 1. The minimum Gasteiger partial charge on any atom is -0.399 e. The summed E-state index contributed by atoms with van der Waals surface area (Å²) in [6, 6.07) is 5.01. The van der Waals surface area contributed by atoms with E-state index < -0.39 is 10.0 Å². The van der Waals surface area contributed by atoms with Gasteiger partial charge in [-0.3, -0.25) is 0 Å². The van der Waals surface area contributed by atoms with Crippen LogP contribution in [0.3, 0.4) is 0 Å². The molecule has 0 saturated heterocycles. The van der Waals surface area contributed by atoms with Crippen LogP contribution in [0.2, 0.25) is 0 Å². The van der Waals surface area contributed by atoms with Crippen LogP contribution in [0, 0.1) is 12.8 Å². The van der Waals surface area contributed by atoms with Crippen molar-refractivity contribution in [1.82, 2.24) is 4.72 Å². The Bertz CT molecular complexity index is 549. The van der Waals surface area contributed by atoms with Crippen molar-refractivity contribution in [2.75, 3.05) is 5.73 Å². The second-order valence-corrected chi connectivity index (χ2v) is 7.73. The predicted octanol–water partition coefficient (Wildman–Crippen LogP) is 2.82. The third kappa shape index (κ3) is 3.96. The Labute approximate surface area is 121 Å². The minimum atomic E-state index is -3.47. The van der Waals surface area contributed by atoms with Crippen molar-refractivity contribution in [2.24, 2.45) is 5.92 Å². The first-order valence-electron chi connectivity index (χ1n) is 7.26. The zero-order valence-corrected chi connectivity index (χ0v) is 13.0. The first-order valence-corrected chi connectivity index (χ1v) is 8.74. The molecule has 0 heterocycles. The number of rotatable bonds is 3. The molecule has 1 aliphatic rings. The zero-order valence-electron chi connectivity index (χ0n) is 12.2. The Morgan fingerprint density at radius 1 is 1.15 bits per heavy atom. The highest BCUT2D eigenvalue weighted by Crippen LogP contribution is 2.24. The maximum atomic E-state index is 12.4. The first-order chi connectivity index (χ1) is 9.37. The van der Waals surface area contributed by atoms with E-state index in [2.05, 4.69) is 11.6 Å². The van der Waals surface area contributed by atoms with Gasteiger partial charge in [0, 0.05) is 11.7 Å². The Kier molecular flexibility index (Phi) is 4.70. The van der Waals surface area contributed by atoms with Gasteiger partial charge in [-0.1, -0.05) is 19.8 Å². The van der Waals surface area contributed by atoms with Crippen LogP contribution in [-0.4, -0.2) is 14.5 Å². The molecule has 2 atom stereocenters. The Hall–Kier alpha value is -1.07. The molecule has 0 bridgehead atoms. The molecule has 4 nitrogen and oxygen atoms in total. The molecule has 2 rings (SSSR count). The van der Waals surface area contributed by atoms with Crippen molar-refractivity contribution in [3.63, 3.8) is 0 Å². The number of hydrogen-bond acceptors (Lipinski definition) is 3. The summed E-state index contributed by atoms with van der Waals surface area (Å²) < 4.78 is 27.7. The van der Waals surface area contributed by atoms with Gasteiger partial charge in [-0.05, 0) is 55.9 Å². The van der Waals surface area contributed by atoms with E-state index in [0.29, 0.717) is 11.6 Å². The van der Waals surface area contributed by atoms with E-state index >= 15 is 0 Å². The van der Waals surface area contributed by atoms with Crippen molar-refractivity contribution in [2.45, 2.75) is 56.9 Å². The lowest BCUT2D eigenvalue weighted by molar-refractivity contribution is 0.484. The monoisotopic (exact) mass is 296 g/mol. The van der Waals surface area contributed by atoms with Gasteiger partial charge in [-0.25, -0.2) is 13.1 Å². The molecule has 1 aromatic carbocycles. The largest absolute Gasteiger partial charge is 0.399 e. The van der Waals surface area contributed by atoms with Crippen LogP contribution in [0.1, 0.15) is 44.6 Å². The fraction of sp³-hybridized carbons (Fsp3) is 0.600. The van der Waals surface area contributed by atoms with E-state index in [0.717, 1.165) is 31.2 Å². The van der Waals surface area contributed by atoms with E-state index in [-0.39, 0.29) is 10.9 Å². The van der Waals surface area contributed by atoms with Gasteiger partial charge in [0.25, 0.3) is 0 Å². The summed E-state index contributed by atoms with van der Waals surface area (Å²) in [6.45, 7) is 4.08. The molecule has 1 aromatic rings. The van der Waals surface area contributed by atoms with E-state index in [9.17, 15) is 8.42 Å². The highest BCUT2D eigenvalue weighted by molar-refractivity contribution is 7.89. The van der Waals surface area contributed by atoms with E-state index in [1.54, 1.807) is 12.1 Å². The Balaban J connectivity index is 2.14. The van der Waals surface area contributed by atoms with Crippen molar-refractivity contribution in [3.05, 3.63) is 23.8 Å². The number of benzene rings is 1. The summed E-state index contributed by atoms with van der Waals surface area (Å²) in [6.07, 6.45) is 5.20. The standard InChI is InChI=1S/C15H24N2O2S/c1-11-4-3-5-14(7-6-11)17-20(18,19)15-9-12(2)8-13(16)10-15/h8-11,14,17H,3-7,16H2,1-2H3. The molecule has 20 heavy (non-hydrogen) atoms. The molecule has 2 unspecified atom stereocenters. The van der Waals surface area contributed by atoms with Crippen LogP contribution in [0.25, 0.3) is 0 Å². The Morgan fingerprint density at radius 3 is 2.60 bits per heavy atom. The number of nitrogen functional groups attached to an aromatic ring is 1. The quantitative estimate of drug-likeness (QED) is 0.665. The molecule has 0 aliphatic heterocycles. The molecule has 1 aliphatic carbocycles. The van der Waals surface area contributed by atoms with Crippen molar-refractivity contribution >= 4 is 15.7 Å². The average Bonchev–Trinajstić information content (AvgIpc) is 2.53. The minimum absolute atomic E-state index is 0.0479. The molecular weight excluding hydrogens is 272 g/mol. The molecule has 1 saturated carbocycles. The Morgan fingerprint density at radius 2 is 1.90 bits per heavy atom. The van der Waals surface area contributed by atoms with Crippen LogP contribution in [0.5, 0.6) is 0 Å². The molecule has 5 heteroatoms. The normalized spacial score (nSPS) is 24.3. The topological polar surface area (TPSA) is 72.2 Å². The van der Waals surface area contributed by atoms with Crippen molar-refractivity contribution < 1.29 is 8.42 Å². The first kappa shape index (κ1) is 15.3. The van der Waals surface area contributed by atoms with Crippen LogP contribution < -0.4 is 10.5 Å². The predicted molar refractivity (Wildman–Crippen MR) is 81.9 cm³/mol. The van der Waals surface area contributed by atoms with Gasteiger partial charge >= 0.3 is 0 Å². The second kappa shape index (κ2) is 6.14. The number of sulfonamides is 1. The molecule has 0 aromatic heterocycles. The van der Waals surface area contributed by atoms with E-state index in [1.165, 1.54) is 12.5 Å². The summed E-state index contributed by atoms with van der Waals surface area (Å²) in [4.78, 5) is 0.271. The zero-order chi connectivity index (χ0) is 14.8. The summed E-state index contributed by atoms with van der Waals surface area (Å²) >= 11 is 0. The van der Waals surface area contributed by atoms with Gasteiger partial charge < -0.3 is 5.73 Å². The van der Waals surface area contributed by atoms with Gasteiger partial charge in [-0.2, -0.15) is 0 Å². The van der Waals surface area contributed by atoms with Crippen LogP contribution in [-0.2, 0) is 10.0 Å². The molecule has 0 amide bonds. The van der Waals surface area contributed by atoms with Gasteiger partial charge in [0.05, 0.1) is 4.90 Å². The molecule has 1 fully saturated rings. The van der Waals surface area contributed by atoms with E-state index in [4.69, 9.17) is 5.73 Å². The summed E-state index contributed by atoms with van der Waals surface area (Å²) in [5.74, 6) is 0.694. The van der Waals surface area contributed by atoms with Gasteiger partial charge in [0.15, 0.2) is 0 Å². The highest BCUT2D eigenvalue weighted by Gasteiger charge is 2.23. The lowest BCUT2D eigenvalue weighted by Gasteiger charge is -2.17. The van der Waals surface area contributed by atoms with Crippen molar-refractivity contribution in [3.8, 4) is 0 Å². The number of nitrogens with two attached hydrogens (primary N) is 1. The maximum Gasteiger partial charge on any atom is 0.240 e. The summed E-state index contributed by atoms with van der Waals surface area (Å²) in [5.41, 5.74) is 7.09. The number of anilines is 1. The van der Waals surface area contributed by atoms with Crippen molar-refractivity contribution in [1.29, 1.82) is 0 Å². The third-order valence-electron chi connectivity index (χ3n) is 3.96. The molecule has 3 N–H and O–H groups in total.